The van der Waals surface area contributed by atoms with Crippen molar-refractivity contribution in [3.05, 3.63) is 23.3 Å². The van der Waals surface area contributed by atoms with Crippen LogP contribution in [0.2, 0.25) is 0 Å². The zero-order chi connectivity index (χ0) is 27.3. The van der Waals surface area contributed by atoms with Crippen molar-refractivity contribution in [2.45, 2.75) is 103 Å². The molecule has 3 fully saturated rings. The Labute approximate surface area is 220 Å². The summed E-state index contributed by atoms with van der Waals surface area (Å²) < 4.78 is 0. The molecular formula is C30H46O7. The van der Waals surface area contributed by atoms with Gasteiger partial charge in [-0.05, 0) is 85.7 Å². The highest BCUT2D eigenvalue weighted by Crippen LogP contribution is 2.68. The Morgan fingerprint density at radius 2 is 1.84 bits per heavy atom. The zero-order valence-electron chi connectivity index (χ0n) is 22.8. The van der Waals surface area contributed by atoms with Crippen LogP contribution in [0.1, 0.15) is 79.1 Å². The Bertz CT molecular complexity index is 956. The third-order valence-corrected chi connectivity index (χ3v) is 11.1. The predicted octanol–water partition coefficient (Wildman–Crippen LogP) is 2.72. The van der Waals surface area contributed by atoms with Crippen molar-refractivity contribution in [1.82, 2.24) is 0 Å². The summed E-state index contributed by atoms with van der Waals surface area (Å²) in [6.07, 6.45) is 5.38. The molecule has 4 aliphatic carbocycles. The van der Waals surface area contributed by atoms with Gasteiger partial charge in [0.2, 0.25) is 0 Å². The molecule has 10 atom stereocenters. The Balaban J connectivity index is 1.65. The van der Waals surface area contributed by atoms with Gasteiger partial charge in [-0.15, -0.1) is 0 Å². The molecule has 0 saturated heterocycles. The van der Waals surface area contributed by atoms with Gasteiger partial charge >= 0.3 is 0 Å². The fourth-order valence-electron chi connectivity index (χ4n) is 8.79. The van der Waals surface area contributed by atoms with Crippen molar-refractivity contribution in [2.75, 3.05) is 6.61 Å². The molecule has 4 rings (SSSR count). The fourth-order valence-corrected chi connectivity index (χ4v) is 8.79. The number of hydrogen-bond acceptors (Lipinski definition) is 7. The van der Waals surface area contributed by atoms with Crippen molar-refractivity contribution in [3.63, 3.8) is 0 Å². The Kier molecular flexibility index (Phi) is 7.97. The van der Waals surface area contributed by atoms with Crippen molar-refractivity contribution in [3.8, 4) is 0 Å². The van der Waals surface area contributed by atoms with Gasteiger partial charge < -0.3 is 30.3 Å². The lowest BCUT2D eigenvalue weighted by molar-refractivity contribution is -0.163. The highest BCUT2D eigenvalue weighted by atomic mass is 16.3. The van der Waals surface area contributed by atoms with Crippen LogP contribution < -0.4 is 0 Å². The van der Waals surface area contributed by atoms with Gasteiger partial charge in [0.25, 0.3) is 0 Å². The molecule has 3 saturated carbocycles. The maximum absolute atomic E-state index is 13.3. The third-order valence-electron chi connectivity index (χ3n) is 11.1. The van der Waals surface area contributed by atoms with E-state index in [0.717, 1.165) is 11.9 Å². The van der Waals surface area contributed by atoms with E-state index >= 15 is 0 Å². The molecule has 0 aromatic carbocycles. The van der Waals surface area contributed by atoms with Gasteiger partial charge in [-0.25, -0.2) is 0 Å². The lowest BCUT2D eigenvalue weighted by Crippen LogP contribution is -2.62. The number of hydrogen-bond donors (Lipinski definition) is 5. The van der Waals surface area contributed by atoms with Gasteiger partial charge in [0.15, 0.2) is 5.78 Å². The SMILES string of the molecule is CC(C)C(=CCC=O)CC(O)C(C)C1CCC2(O)C3=CC(=O)C4CC(O)C(O)CC4(C)C3CCC12CO. The van der Waals surface area contributed by atoms with Crippen LogP contribution in [-0.4, -0.2) is 68.1 Å². The van der Waals surface area contributed by atoms with Crippen LogP contribution in [0.15, 0.2) is 23.3 Å². The molecule has 7 heteroatoms. The molecule has 0 aromatic rings. The Morgan fingerprint density at radius 1 is 1.14 bits per heavy atom. The van der Waals surface area contributed by atoms with Crippen LogP contribution in [0.25, 0.3) is 0 Å². The molecule has 208 valence electrons. The number of rotatable bonds is 8. The largest absolute Gasteiger partial charge is 0.396 e. The summed E-state index contributed by atoms with van der Waals surface area (Å²) in [6, 6.07) is 0. The predicted molar refractivity (Wildman–Crippen MR) is 139 cm³/mol. The Morgan fingerprint density at radius 3 is 2.46 bits per heavy atom. The first kappa shape index (κ1) is 28.6. The summed E-state index contributed by atoms with van der Waals surface area (Å²) in [6.45, 7) is 7.85. The molecule has 4 aliphatic rings. The Hall–Kier alpha value is -1.38. The first-order valence-electron chi connectivity index (χ1n) is 14.1. The summed E-state index contributed by atoms with van der Waals surface area (Å²) in [5, 5.41) is 55.3. The maximum Gasteiger partial charge on any atom is 0.159 e. The van der Waals surface area contributed by atoms with E-state index in [2.05, 4.69) is 0 Å². The third kappa shape index (κ3) is 4.39. The van der Waals surface area contributed by atoms with Gasteiger partial charge in [-0.2, -0.15) is 0 Å². The van der Waals surface area contributed by atoms with E-state index in [9.17, 15) is 35.1 Å². The molecule has 0 bridgehead atoms. The zero-order valence-corrected chi connectivity index (χ0v) is 22.8. The first-order chi connectivity index (χ1) is 17.4. The maximum atomic E-state index is 13.3. The highest BCUT2D eigenvalue weighted by molar-refractivity contribution is 5.95. The molecular weight excluding hydrogens is 472 g/mol. The standard InChI is InChI=1S/C30H46O7/c1-17(2)19(6-5-11-31)12-24(33)18(3)20-8-10-30(37)22-13-25(34)23-14-26(35)27(36)15-28(23,4)21(22)7-9-29(20,30)16-32/h6,11,13,17-18,20-21,23-24,26-27,32-33,35-37H,5,7-10,12,14-16H2,1-4H3. The van der Waals surface area contributed by atoms with E-state index < -0.39 is 40.7 Å². The minimum Gasteiger partial charge on any atom is -0.396 e. The second kappa shape index (κ2) is 10.3. The number of ketones is 1. The fraction of sp³-hybridized carbons (Fsp3) is 0.800. The van der Waals surface area contributed by atoms with Crippen LogP contribution in [0.5, 0.6) is 0 Å². The minimum atomic E-state index is -1.36. The summed E-state index contributed by atoms with van der Waals surface area (Å²) in [4.78, 5) is 24.2. The van der Waals surface area contributed by atoms with Crippen molar-refractivity contribution < 1.29 is 35.1 Å². The lowest BCUT2D eigenvalue weighted by Gasteiger charge is -2.60. The van der Waals surface area contributed by atoms with Crippen molar-refractivity contribution in [2.24, 2.45) is 40.4 Å². The summed E-state index contributed by atoms with van der Waals surface area (Å²) in [7, 11) is 0. The molecule has 37 heavy (non-hydrogen) atoms. The van der Waals surface area contributed by atoms with E-state index in [-0.39, 0.29) is 42.5 Å². The highest BCUT2D eigenvalue weighted by Gasteiger charge is 2.68. The molecule has 0 spiro atoms. The van der Waals surface area contributed by atoms with Crippen LogP contribution >= 0.6 is 0 Å². The summed E-state index contributed by atoms with van der Waals surface area (Å²) in [5.41, 5.74) is -1.08. The summed E-state index contributed by atoms with van der Waals surface area (Å²) >= 11 is 0. The first-order valence-corrected chi connectivity index (χ1v) is 14.1. The molecule has 10 unspecified atom stereocenters. The number of aliphatic hydroxyl groups excluding tert-OH is 4. The van der Waals surface area contributed by atoms with Gasteiger partial charge in [0.05, 0.1) is 30.5 Å². The van der Waals surface area contributed by atoms with Crippen LogP contribution in [-0.2, 0) is 9.59 Å². The van der Waals surface area contributed by atoms with Crippen molar-refractivity contribution >= 4 is 12.1 Å². The van der Waals surface area contributed by atoms with Crippen molar-refractivity contribution in [1.29, 1.82) is 0 Å². The molecule has 7 nitrogen and oxygen atoms in total. The van der Waals surface area contributed by atoms with E-state index in [4.69, 9.17) is 0 Å². The van der Waals surface area contributed by atoms with Crippen LogP contribution in [0, 0.1) is 40.4 Å². The average molecular weight is 519 g/mol. The van der Waals surface area contributed by atoms with E-state index in [1.807, 2.05) is 33.8 Å². The average Bonchev–Trinajstić information content (AvgIpc) is 3.16. The smallest absolute Gasteiger partial charge is 0.159 e. The van der Waals surface area contributed by atoms with Crippen LogP contribution in [0.4, 0.5) is 0 Å². The van der Waals surface area contributed by atoms with Gasteiger partial charge in [0.1, 0.15) is 6.29 Å². The van der Waals surface area contributed by atoms with E-state index in [1.54, 1.807) is 6.08 Å². The second-order valence-corrected chi connectivity index (χ2v) is 13.0. The second-order valence-electron chi connectivity index (χ2n) is 13.0. The quantitative estimate of drug-likeness (QED) is 0.246. The summed E-state index contributed by atoms with van der Waals surface area (Å²) in [5.74, 6) is -0.763. The molecule has 0 aromatic heterocycles. The van der Waals surface area contributed by atoms with Gasteiger partial charge in [0, 0.05) is 17.8 Å². The number of carbonyl (C=O) groups excluding carboxylic acids is 2. The number of allylic oxidation sites excluding steroid dienone is 2. The lowest BCUT2D eigenvalue weighted by atomic mass is 9.45. The molecule has 0 heterocycles. The minimum absolute atomic E-state index is 0.111. The van der Waals surface area contributed by atoms with Crippen LogP contribution in [0.3, 0.4) is 0 Å². The van der Waals surface area contributed by atoms with Gasteiger partial charge in [-0.1, -0.05) is 39.3 Å². The van der Waals surface area contributed by atoms with E-state index in [0.29, 0.717) is 50.5 Å². The molecule has 0 amide bonds. The monoisotopic (exact) mass is 518 g/mol. The normalized spacial score (nSPS) is 43.5. The molecule has 5 N–H and O–H groups in total. The van der Waals surface area contributed by atoms with Gasteiger partial charge in [-0.3, -0.25) is 4.79 Å². The number of aldehydes is 1. The van der Waals surface area contributed by atoms with E-state index in [1.165, 1.54) is 0 Å². The topological polar surface area (TPSA) is 135 Å². The number of carbonyl (C=O) groups is 2. The number of aliphatic hydroxyl groups is 5. The number of fused-ring (bicyclic) bond motifs is 5. The molecule has 0 radical (unpaired) electrons. The molecule has 0 aliphatic heterocycles.